The molecule has 0 aromatic rings. The van der Waals surface area contributed by atoms with Gasteiger partial charge in [0.15, 0.2) is 0 Å². The zero-order valence-corrected chi connectivity index (χ0v) is 18.7. The molecule has 0 radical (unpaired) electrons. The molecular formula is C25H38O4. The Hall–Kier alpha value is -1.32. The van der Waals surface area contributed by atoms with Crippen LogP contribution in [0.5, 0.6) is 0 Å². The molecule has 0 N–H and O–H groups in total. The maximum Gasteiger partial charge on any atom is 0.309 e. The molecule has 0 amide bonds. The molecule has 4 aliphatic carbocycles. The lowest BCUT2D eigenvalue weighted by molar-refractivity contribution is -0.158. The second kappa shape index (κ2) is 7.74. The predicted octanol–water partition coefficient (Wildman–Crippen LogP) is 5.31. The van der Waals surface area contributed by atoms with Gasteiger partial charge in [0.05, 0.1) is 20.1 Å². The van der Waals surface area contributed by atoms with E-state index in [1.807, 2.05) is 0 Å². The van der Waals surface area contributed by atoms with Crippen LogP contribution in [0.4, 0.5) is 0 Å². The van der Waals surface area contributed by atoms with E-state index in [1.54, 1.807) is 7.11 Å². The van der Waals surface area contributed by atoms with Gasteiger partial charge < -0.3 is 9.47 Å². The molecule has 0 aromatic carbocycles. The van der Waals surface area contributed by atoms with Crippen LogP contribution < -0.4 is 0 Å². The third kappa shape index (κ3) is 3.25. The number of hydrogen-bond acceptors (Lipinski definition) is 4. The highest BCUT2D eigenvalue weighted by molar-refractivity contribution is 5.74. The molecule has 0 heterocycles. The van der Waals surface area contributed by atoms with Crippen LogP contribution >= 0.6 is 0 Å². The van der Waals surface area contributed by atoms with Crippen LogP contribution in [0.2, 0.25) is 0 Å². The average Bonchev–Trinajstić information content (AvgIpc) is 3.06. The summed E-state index contributed by atoms with van der Waals surface area (Å²) in [6.07, 6.45) is 13.3. The zero-order valence-electron chi connectivity index (χ0n) is 18.7. The maximum absolute atomic E-state index is 12.9. The summed E-state index contributed by atoms with van der Waals surface area (Å²) in [7, 11) is 3.03. The Morgan fingerprint density at radius 1 is 1.07 bits per heavy atom. The summed E-state index contributed by atoms with van der Waals surface area (Å²) < 4.78 is 10.2. The number of methoxy groups -OCH3 is 2. The van der Waals surface area contributed by atoms with E-state index in [0.29, 0.717) is 30.1 Å². The Labute approximate surface area is 175 Å². The number of ether oxygens (including phenoxy) is 2. The minimum atomic E-state index is -0.0969. The Balaban J connectivity index is 1.64. The van der Waals surface area contributed by atoms with Crippen molar-refractivity contribution < 1.29 is 19.1 Å². The van der Waals surface area contributed by atoms with Gasteiger partial charge in [-0.3, -0.25) is 9.59 Å². The third-order valence-corrected chi connectivity index (χ3v) is 9.70. The molecule has 0 unspecified atom stereocenters. The van der Waals surface area contributed by atoms with Gasteiger partial charge in [0.25, 0.3) is 0 Å². The van der Waals surface area contributed by atoms with Gasteiger partial charge in [-0.05, 0) is 92.3 Å². The fraction of sp³-hybridized carbons (Fsp3) is 0.840. The molecule has 0 aromatic heterocycles. The summed E-state index contributed by atoms with van der Waals surface area (Å²) in [4.78, 5) is 24.7. The number of allylic oxidation sites excluding steroid dienone is 2. The average molecular weight is 403 g/mol. The summed E-state index contributed by atoms with van der Waals surface area (Å²) in [5.74, 6) is 2.03. The Morgan fingerprint density at radius 2 is 1.86 bits per heavy atom. The lowest BCUT2D eigenvalue weighted by Gasteiger charge is -2.60. The van der Waals surface area contributed by atoms with Crippen molar-refractivity contribution in [1.29, 1.82) is 0 Å². The van der Waals surface area contributed by atoms with Crippen molar-refractivity contribution in [2.75, 3.05) is 14.2 Å². The molecule has 0 aliphatic heterocycles. The molecule has 4 rings (SSSR count). The van der Waals surface area contributed by atoms with Crippen molar-refractivity contribution in [3.63, 3.8) is 0 Å². The number of esters is 2. The second-order valence-corrected chi connectivity index (χ2v) is 10.6. The largest absolute Gasteiger partial charge is 0.469 e. The Morgan fingerprint density at radius 3 is 2.59 bits per heavy atom. The van der Waals surface area contributed by atoms with Crippen LogP contribution in [0.3, 0.4) is 0 Å². The van der Waals surface area contributed by atoms with Gasteiger partial charge in [-0.1, -0.05) is 25.5 Å². The third-order valence-electron chi connectivity index (χ3n) is 9.70. The summed E-state index contributed by atoms with van der Waals surface area (Å²) in [6, 6.07) is 0. The van der Waals surface area contributed by atoms with Gasteiger partial charge in [-0.15, -0.1) is 0 Å². The fourth-order valence-corrected chi connectivity index (χ4v) is 8.12. The highest BCUT2D eigenvalue weighted by Crippen LogP contribution is 2.68. The monoisotopic (exact) mass is 402 g/mol. The molecule has 3 saturated carbocycles. The number of fused-ring (bicyclic) bond motifs is 5. The minimum Gasteiger partial charge on any atom is -0.469 e. The molecule has 162 valence electrons. The van der Waals surface area contributed by atoms with E-state index in [1.165, 1.54) is 51.2 Å². The first-order valence-corrected chi connectivity index (χ1v) is 11.7. The quantitative estimate of drug-likeness (QED) is 0.472. The van der Waals surface area contributed by atoms with E-state index >= 15 is 0 Å². The van der Waals surface area contributed by atoms with Gasteiger partial charge in [-0.2, -0.15) is 0 Å². The normalized spacial score (nSPS) is 43.4. The molecule has 29 heavy (non-hydrogen) atoms. The van der Waals surface area contributed by atoms with Gasteiger partial charge in [0, 0.05) is 6.42 Å². The second-order valence-electron chi connectivity index (χ2n) is 10.6. The first-order chi connectivity index (χ1) is 13.8. The van der Waals surface area contributed by atoms with Crippen molar-refractivity contribution in [1.82, 2.24) is 0 Å². The van der Waals surface area contributed by atoms with Crippen molar-refractivity contribution in [3.8, 4) is 0 Å². The van der Waals surface area contributed by atoms with E-state index in [9.17, 15) is 9.59 Å². The number of hydrogen-bond donors (Lipinski definition) is 0. The molecule has 4 heteroatoms. The van der Waals surface area contributed by atoms with Gasteiger partial charge in [0.2, 0.25) is 0 Å². The van der Waals surface area contributed by atoms with Crippen molar-refractivity contribution in [3.05, 3.63) is 11.6 Å². The van der Waals surface area contributed by atoms with Crippen LogP contribution in [0.15, 0.2) is 11.6 Å². The SMILES string of the molecule is COC(=O)CC[C@H]1CC[C@H]2[C@@H]3[C@H](C(=O)OC)CC4=CCCC[C@]4(C)[C@H]3CC[C@]12C. The molecule has 7 atom stereocenters. The highest BCUT2D eigenvalue weighted by atomic mass is 16.5. The summed E-state index contributed by atoms with van der Waals surface area (Å²) in [6.45, 7) is 4.93. The summed E-state index contributed by atoms with van der Waals surface area (Å²) in [5, 5.41) is 0. The lowest BCUT2D eigenvalue weighted by Crippen LogP contribution is -2.54. The van der Waals surface area contributed by atoms with Gasteiger partial charge in [-0.25, -0.2) is 0 Å². The van der Waals surface area contributed by atoms with Crippen LogP contribution in [0.1, 0.15) is 78.1 Å². The Kier molecular flexibility index (Phi) is 5.59. The first-order valence-electron chi connectivity index (χ1n) is 11.7. The lowest BCUT2D eigenvalue weighted by atomic mass is 9.44. The molecule has 3 fully saturated rings. The highest BCUT2D eigenvalue weighted by Gasteiger charge is 2.62. The predicted molar refractivity (Wildman–Crippen MR) is 112 cm³/mol. The van der Waals surface area contributed by atoms with Crippen LogP contribution in [-0.4, -0.2) is 26.2 Å². The number of carbonyl (C=O) groups is 2. The molecule has 0 saturated heterocycles. The number of carbonyl (C=O) groups excluding carboxylic acids is 2. The molecule has 0 bridgehead atoms. The van der Waals surface area contributed by atoms with Crippen molar-refractivity contribution in [2.24, 2.45) is 40.4 Å². The topological polar surface area (TPSA) is 52.6 Å². The number of rotatable bonds is 4. The van der Waals surface area contributed by atoms with Crippen LogP contribution in [0, 0.1) is 40.4 Å². The van der Waals surface area contributed by atoms with E-state index in [2.05, 4.69) is 19.9 Å². The van der Waals surface area contributed by atoms with Crippen molar-refractivity contribution in [2.45, 2.75) is 78.1 Å². The first kappa shape index (κ1) is 20.9. The van der Waals surface area contributed by atoms with Crippen LogP contribution in [0.25, 0.3) is 0 Å². The van der Waals surface area contributed by atoms with Crippen LogP contribution in [-0.2, 0) is 19.1 Å². The zero-order chi connectivity index (χ0) is 20.8. The Bertz CT molecular complexity index is 697. The molecule has 0 spiro atoms. The standard InChI is InChI=1S/C25H38O4/c1-24-13-6-5-7-17(24)15-18(23(27)29-4)22-19-10-8-16(9-11-21(26)28-3)25(19,2)14-12-20(22)24/h7,16,18-20,22H,5-6,8-15H2,1-4H3/t16-,18-,19+,20+,22+,24+,25-/m1/s1. The van der Waals surface area contributed by atoms with Crippen molar-refractivity contribution >= 4 is 11.9 Å². The molecule has 4 aliphatic rings. The molecule has 4 nitrogen and oxygen atoms in total. The van der Waals surface area contributed by atoms with Gasteiger partial charge in [0.1, 0.15) is 0 Å². The minimum absolute atomic E-state index is 0.00390. The fourth-order valence-electron chi connectivity index (χ4n) is 8.12. The van der Waals surface area contributed by atoms with E-state index in [4.69, 9.17) is 9.47 Å². The smallest absolute Gasteiger partial charge is 0.309 e. The van der Waals surface area contributed by atoms with E-state index < -0.39 is 0 Å². The van der Waals surface area contributed by atoms with E-state index in [0.717, 1.165) is 19.3 Å². The summed E-state index contributed by atoms with van der Waals surface area (Å²) >= 11 is 0. The maximum atomic E-state index is 12.9. The summed E-state index contributed by atoms with van der Waals surface area (Å²) in [5.41, 5.74) is 2.02. The molecular weight excluding hydrogens is 364 g/mol. The van der Waals surface area contributed by atoms with E-state index in [-0.39, 0.29) is 28.7 Å². The van der Waals surface area contributed by atoms with Gasteiger partial charge >= 0.3 is 11.9 Å².